The lowest BCUT2D eigenvalue weighted by Gasteiger charge is -2.14. The Morgan fingerprint density at radius 3 is 2.72 bits per heavy atom. The smallest absolute Gasteiger partial charge is 0.251 e. The van der Waals surface area contributed by atoms with Crippen molar-refractivity contribution in [3.05, 3.63) is 58.6 Å². The van der Waals surface area contributed by atoms with Crippen molar-refractivity contribution in [2.75, 3.05) is 7.11 Å². The van der Waals surface area contributed by atoms with Crippen molar-refractivity contribution in [3.63, 3.8) is 0 Å². The largest absolute Gasteiger partial charge is 0.496 e. The van der Waals surface area contributed by atoms with Gasteiger partial charge in [0.1, 0.15) is 18.1 Å². The maximum atomic E-state index is 12.5. The minimum Gasteiger partial charge on any atom is -0.496 e. The van der Waals surface area contributed by atoms with E-state index in [2.05, 4.69) is 5.32 Å². The Kier molecular flexibility index (Phi) is 5.82. The first-order chi connectivity index (χ1) is 12.2. The van der Waals surface area contributed by atoms with E-state index < -0.39 is 0 Å². The number of carbonyl (C=O) groups is 1. The number of benzene rings is 2. The third-order valence-electron chi connectivity index (χ3n) is 4.42. The second kappa shape index (κ2) is 8.26. The fourth-order valence-electron chi connectivity index (χ4n) is 3.09. The summed E-state index contributed by atoms with van der Waals surface area (Å²) in [6.07, 6.45) is 4.50. The summed E-state index contributed by atoms with van der Waals surface area (Å²) >= 11 is 5.98. The molecule has 132 valence electrons. The molecular formula is C20H22ClNO3. The average molecular weight is 360 g/mol. The van der Waals surface area contributed by atoms with Crippen LogP contribution >= 0.6 is 11.6 Å². The zero-order valence-electron chi connectivity index (χ0n) is 14.3. The maximum absolute atomic E-state index is 12.5. The molecule has 1 aliphatic rings. The van der Waals surface area contributed by atoms with Crippen LogP contribution in [0.5, 0.6) is 11.5 Å². The van der Waals surface area contributed by atoms with Crippen molar-refractivity contribution < 1.29 is 14.3 Å². The van der Waals surface area contributed by atoms with Crippen molar-refractivity contribution in [1.29, 1.82) is 0 Å². The summed E-state index contributed by atoms with van der Waals surface area (Å²) in [7, 11) is 1.61. The van der Waals surface area contributed by atoms with E-state index in [4.69, 9.17) is 21.1 Å². The summed E-state index contributed by atoms with van der Waals surface area (Å²) < 4.78 is 11.2. The Labute approximate surface area is 153 Å². The summed E-state index contributed by atoms with van der Waals surface area (Å²) in [5.41, 5.74) is 1.44. The molecule has 1 aliphatic carbocycles. The van der Waals surface area contributed by atoms with E-state index in [1.165, 1.54) is 12.8 Å². The molecule has 0 aliphatic heterocycles. The molecular weight excluding hydrogens is 338 g/mol. The molecule has 0 atom stereocenters. The van der Waals surface area contributed by atoms with Crippen LogP contribution in [-0.2, 0) is 6.61 Å². The molecule has 25 heavy (non-hydrogen) atoms. The zero-order valence-corrected chi connectivity index (χ0v) is 15.0. The fourth-order valence-corrected chi connectivity index (χ4v) is 3.27. The number of amides is 1. The Morgan fingerprint density at radius 1 is 1.20 bits per heavy atom. The van der Waals surface area contributed by atoms with E-state index in [1.807, 2.05) is 18.2 Å². The lowest BCUT2D eigenvalue weighted by atomic mass is 10.1. The maximum Gasteiger partial charge on any atom is 0.251 e. The number of halogens is 1. The van der Waals surface area contributed by atoms with Crippen LogP contribution in [0, 0.1) is 0 Å². The molecule has 0 radical (unpaired) electrons. The van der Waals surface area contributed by atoms with E-state index in [1.54, 1.807) is 31.4 Å². The van der Waals surface area contributed by atoms with Crippen molar-refractivity contribution >= 4 is 17.5 Å². The Morgan fingerprint density at radius 2 is 2.00 bits per heavy atom. The van der Waals surface area contributed by atoms with Crippen molar-refractivity contribution in [3.8, 4) is 11.5 Å². The molecule has 3 rings (SSSR count). The van der Waals surface area contributed by atoms with Gasteiger partial charge in [-0.3, -0.25) is 4.79 Å². The van der Waals surface area contributed by atoms with Gasteiger partial charge < -0.3 is 14.8 Å². The molecule has 1 fully saturated rings. The topological polar surface area (TPSA) is 47.6 Å². The number of hydrogen-bond acceptors (Lipinski definition) is 3. The molecule has 0 spiro atoms. The monoisotopic (exact) mass is 359 g/mol. The van der Waals surface area contributed by atoms with E-state index in [9.17, 15) is 4.79 Å². The number of carbonyl (C=O) groups excluding carboxylic acids is 1. The molecule has 1 saturated carbocycles. The second-order valence-electron chi connectivity index (χ2n) is 6.23. The SMILES string of the molecule is COc1ccc(C(=O)NC2CCCC2)cc1COc1cccc(Cl)c1. The van der Waals surface area contributed by atoms with Gasteiger partial charge in [0, 0.05) is 22.2 Å². The van der Waals surface area contributed by atoms with Crippen molar-refractivity contribution in [2.24, 2.45) is 0 Å². The second-order valence-corrected chi connectivity index (χ2v) is 6.66. The Hall–Kier alpha value is -2.20. The van der Waals surface area contributed by atoms with Gasteiger partial charge in [-0.2, -0.15) is 0 Å². The molecule has 2 aromatic rings. The molecule has 0 aromatic heterocycles. The minimum atomic E-state index is -0.0430. The Balaban J connectivity index is 1.71. The summed E-state index contributed by atoms with van der Waals surface area (Å²) in [5.74, 6) is 1.33. The van der Waals surface area contributed by atoms with Gasteiger partial charge in [-0.25, -0.2) is 0 Å². The summed E-state index contributed by atoms with van der Waals surface area (Å²) in [5, 5.41) is 3.72. The predicted molar refractivity (Wildman–Crippen MR) is 98.5 cm³/mol. The normalized spacial score (nSPS) is 14.3. The van der Waals surface area contributed by atoms with Gasteiger partial charge in [0.25, 0.3) is 5.91 Å². The quantitative estimate of drug-likeness (QED) is 0.819. The van der Waals surface area contributed by atoms with Crippen LogP contribution in [0.1, 0.15) is 41.6 Å². The molecule has 2 aromatic carbocycles. The van der Waals surface area contributed by atoms with Gasteiger partial charge in [0.2, 0.25) is 0 Å². The first-order valence-electron chi connectivity index (χ1n) is 8.52. The van der Waals surface area contributed by atoms with Gasteiger partial charge >= 0.3 is 0 Å². The van der Waals surface area contributed by atoms with Crippen molar-refractivity contribution in [1.82, 2.24) is 5.32 Å². The van der Waals surface area contributed by atoms with Crippen LogP contribution in [0.3, 0.4) is 0 Å². The van der Waals surface area contributed by atoms with E-state index in [0.29, 0.717) is 34.7 Å². The van der Waals surface area contributed by atoms with Crippen LogP contribution in [-0.4, -0.2) is 19.1 Å². The van der Waals surface area contributed by atoms with E-state index in [0.717, 1.165) is 18.4 Å². The highest BCUT2D eigenvalue weighted by Gasteiger charge is 2.18. The lowest BCUT2D eigenvalue weighted by molar-refractivity contribution is 0.0937. The van der Waals surface area contributed by atoms with E-state index in [-0.39, 0.29) is 5.91 Å². The highest BCUT2D eigenvalue weighted by atomic mass is 35.5. The summed E-state index contributed by atoms with van der Waals surface area (Å²) in [4.78, 5) is 12.5. The number of methoxy groups -OCH3 is 1. The molecule has 1 N–H and O–H groups in total. The third-order valence-corrected chi connectivity index (χ3v) is 4.66. The molecule has 0 heterocycles. The molecule has 4 nitrogen and oxygen atoms in total. The molecule has 5 heteroatoms. The highest BCUT2D eigenvalue weighted by Crippen LogP contribution is 2.24. The van der Waals surface area contributed by atoms with Gasteiger partial charge in [-0.1, -0.05) is 30.5 Å². The number of nitrogens with one attached hydrogen (secondary N) is 1. The fraction of sp³-hybridized carbons (Fsp3) is 0.350. The molecule has 1 amide bonds. The molecule has 0 bridgehead atoms. The van der Waals surface area contributed by atoms with Crippen LogP contribution in [0.4, 0.5) is 0 Å². The Bertz CT molecular complexity index is 741. The number of hydrogen-bond donors (Lipinski definition) is 1. The first kappa shape index (κ1) is 17.6. The van der Waals surface area contributed by atoms with Crippen molar-refractivity contribution in [2.45, 2.75) is 38.3 Å². The number of ether oxygens (including phenoxy) is 2. The first-order valence-corrected chi connectivity index (χ1v) is 8.89. The van der Waals surface area contributed by atoms with Gasteiger partial charge in [0.05, 0.1) is 7.11 Å². The van der Waals surface area contributed by atoms with Crippen LogP contribution in [0.25, 0.3) is 0 Å². The summed E-state index contributed by atoms with van der Waals surface area (Å²) in [6.45, 7) is 0.300. The van der Waals surface area contributed by atoms with E-state index >= 15 is 0 Å². The minimum absolute atomic E-state index is 0.0430. The van der Waals surface area contributed by atoms with Gasteiger partial charge in [-0.05, 0) is 49.2 Å². The highest BCUT2D eigenvalue weighted by molar-refractivity contribution is 6.30. The van der Waals surface area contributed by atoms with Crippen LogP contribution < -0.4 is 14.8 Å². The van der Waals surface area contributed by atoms with Gasteiger partial charge in [0.15, 0.2) is 0 Å². The summed E-state index contributed by atoms with van der Waals surface area (Å²) in [6, 6.07) is 12.9. The molecule has 0 saturated heterocycles. The van der Waals surface area contributed by atoms with Gasteiger partial charge in [-0.15, -0.1) is 0 Å². The predicted octanol–water partition coefficient (Wildman–Crippen LogP) is 4.60. The number of rotatable bonds is 6. The third kappa shape index (κ3) is 4.67. The lowest BCUT2D eigenvalue weighted by Crippen LogP contribution is -2.32. The van der Waals surface area contributed by atoms with Crippen LogP contribution in [0.2, 0.25) is 5.02 Å². The molecule has 0 unspecified atom stereocenters. The standard InChI is InChI=1S/C20H22ClNO3/c1-24-19-10-9-14(20(23)22-17-6-2-3-7-17)11-15(19)13-25-18-8-4-5-16(21)12-18/h4-5,8-12,17H,2-3,6-7,13H2,1H3,(H,22,23). The zero-order chi connectivity index (χ0) is 17.6. The average Bonchev–Trinajstić information content (AvgIpc) is 3.12. The van der Waals surface area contributed by atoms with Crippen LogP contribution in [0.15, 0.2) is 42.5 Å².